The topological polar surface area (TPSA) is 85.8 Å². The largest absolute Gasteiger partial charge is 0.387 e. The summed E-state index contributed by atoms with van der Waals surface area (Å²) in [5.74, 6) is 0.295. The van der Waals surface area contributed by atoms with Crippen LogP contribution in [0.3, 0.4) is 0 Å². The molecule has 1 unspecified atom stereocenters. The molecule has 1 aliphatic rings. The van der Waals surface area contributed by atoms with E-state index in [0.717, 1.165) is 25.8 Å². The molecule has 3 N–H and O–H groups in total. The molecule has 0 aromatic carbocycles. The van der Waals surface area contributed by atoms with Crippen molar-refractivity contribution in [1.82, 2.24) is 20.1 Å². The van der Waals surface area contributed by atoms with Gasteiger partial charge in [0.15, 0.2) is 0 Å². The van der Waals surface area contributed by atoms with E-state index in [-0.39, 0.29) is 16.9 Å². The summed E-state index contributed by atoms with van der Waals surface area (Å²) in [7, 11) is 0. The molecular weight excluding hydrogens is 226 g/mol. The van der Waals surface area contributed by atoms with Crippen LogP contribution in [0.4, 0.5) is 0 Å². The highest BCUT2D eigenvalue weighted by Gasteiger charge is 2.23. The molecule has 0 radical (unpaired) electrons. The molecule has 16 heavy (non-hydrogen) atoms. The Labute approximate surface area is 98.2 Å². The van der Waals surface area contributed by atoms with Crippen LogP contribution in [0, 0.1) is 0 Å². The predicted molar refractivity (Wildman–Crippen MR) is 61.8 cm³/mol. The van der Waals surface area contributed by atoms with Crippen molar-refractivity contribution in [3.8, 4) is 0 Å². The van der Waals surface area contributed by atoms with Crippen LogP contribution >= 0.6 is 12.2 Å². The Hall–Kier alpha value is -1.50. The Morgan fingerprint density at radius 2 is 2.44 bits per heavy atom. The van der Waals surface area contributed by atoms with E-state index in [0.29, 0.717) is 5.82 Å². The van der Waals surface area contributed by atoms with Gasteiger partial charge in [0.2, 0.25) is 11.7 Å². The zero-order chi connectivity index (χ0) is 11.5. The fraction of sp³-hybridized carbons (Fsp3) is 0.556. The van der Waals surface area contributed by atoms with Crippen LogP contribution < -0.4 is 11.1 Å². The van der Waals surface area contributed by atoms with E-state index in [1.54, 1.807) is 0 Å². The van der Waals surface area contributed by atoms with Crippen molar-refractivity contribution in [3.63, 3.8) is 0 Å². The molecule has 2 rings (SSSR count). The van der Waals surface area contributed by atoms with Gasteiger partial charge >= 0.3 is 0 Å². The summed E-state index contributed by atoms with van der Waals surface area (Å²) in [6.07, 6.45) is 4.26. The van der Waals surface area contributed by atoms with Crippen molar-refractivity contribution in [2.24, 2.45) is 5.73 Å². The van der Waals surface area contributed by atoms with Crippen LogP contribution in [-0.4, -0.2) is 32.2 Å². The summed E-state index contributed by atoms with van der Waals surface area (Å²) < 4.78 is 1.54. The van der Waals surface area contributed by atoms with Crippen molar-refractivity contribution in [2.75, 3.05) is 6.54 Å². The van der Waals surface area contributed by atoms with Crippen molar-refractivity contribution in [1.29, 1.82) is 0 Å². The number of thiocarbonyl (C=S) groups is 1. The molecule has 86 valence electrons. The van der Waals surface area contributed by atoms with Crippen LogP contribution in [0.1, 0.15) is 31.1 Å². The summed E-state index contributed by atoms with van der Waals surface area (Å²) in [4.78, 5) is 15.8. The summed E-state index contributed by atoms with van der Waals surface area (Å²) in [5, 5.41) is 6.94. The maximum Gasteiger partial charge on any atom is 0.244 e. The highest BCUT2D eigenvalue weighted by Crippen LogP contribution is 2.16. The average molecular weight is 239 g/mol. The van der Waals surface area contributed by atoms with Gasteiger partial charge in [0.05, 0.1) is 0 Å². The number of rotatable bonds is 2. The molecule has 1 amide bonds. The minimum atomic E-state index is -0.293. The number of amides is 1. The molecule has 0 saturated carbocycles. The zero-order valence-electron chi connectivity index (χ0n) is 8.72. The standard InChI is InChI=1S/C9H13N5OS/c10-7(16)8-12-5-14(13-8)6-3-1-2-4-11-9(6)15/h5-6H,1-4H2,(H2,10,16)(H,11,15). The first kappa shape index (κ1) is 11.0. The van der Waals surface area contributed by atoms with E-state index < -0.39 is 0 Å². The molecule has 0 aliphatic carbocycles. The Morgan fingerprint density at radius 1 is 1.62 bits per heavy atom. The maximum atomic E-state index is 11.7. The second kappa shape index (κ2) is 4.56. The molecule has 0 spiro atoms. The van der Waals surface area contributed by atoms with E-state index in [1.165, 1.54) is 11.0 Å². The van der Waals surface area contributed by atoms with Crippen LogP contribution in [0.5, 0.6) is 0 Å². The quantitative estimate of drug-likeness (QED) is 0.695. The number of nitrogens with two attached hydrogens (primary N) is 1. The number of hydrogen-bond donors (Lipinski definition) is 2. The van der Waals surface area contributed by atoms with Gasteiger partial charge in [-0.3, -0.25) is 4.79 Å². The maximum absolute atomic E-state index is 11.7. The summed E-state index contributed by atoms with van der Waals surface area (Å²) in [6.45, 7) is 0.728. The van der Waals surface area contributed by atoms with Gasteiger partial charge in [-0.25, -0.2) is 9.67 Å². The SMILES string of the molecule is NC(=S)c1ncn(C2CCCCNC2=O)n1. The third-order valence-electron chi connectivity index (χ3n) is 2.55. The van der Waals surface area contributed by atoms with Gasteiger partial charge in [0.1, 0.15) is 17.4 Å². The summed E-state index contributed by atoms with van der Waals surface area (Å²) in [5.41, 5.74) is 5.41. The fourth-order valence-electron chi connectivity index (χ4n) is 1.71. The molecule has 1 fully saturated rings. The molecule has 1 aliphatic heterocycles. The van der Waals surface area contributed by atoms with Crippen molar-refractivity contribution in [3.05, 3.63) is 12.2 Å². The first-order chi connectivity index (χ1) is 7.68. The van der Waals surface area contributed by atoms with Gasteiger partial charge in [-0.05, 0) is 19.3 Å². The predicted octanol–water partition coefficient (Wildman–Crippen LogP) is -0.247. The number of carbonyl (C=O) groups excluding carboxylic acids is 1. The molecule has 2 heterocycles. The first-order valence-electron chi connectivity index (χ1n) is 5.17. The average Bonchev–Trinajstić information content (AvgIpc) is 2.63. The van der Waals surface area contributed by atoms with Crippen molar-refractivity contribution in [2.45, 2.75) is 25.3 Å². The van der Waals surface area contributed by atoms with E-state index in [9.17, 15) is 4.79 Å². The number of nitrogens with one attached hydrogen (secondary N) is 1. The molecule has 1 aromatic heterocycles. The molecule has 0 bridgehead atoms. The van der Waals surface area contributed by atoms with Crippen molar-refractivity contribution < 1.29 is 4.79 Å². The van der Waals surface area contributed by atoms with Gasteiger partial charge in [0, 0.05) is 6.54 Å². The number of nitrogens with zero attached hydrogens (tertiary/aromatic N) is 3. The monoisotopic (exact) mass is 239 g/mol. The summed E-state index contributed by atoms with van der Waals surface area (Å²) >= 11 is 4.77. The van der Waals surface area contributed by atoms with Gasteiger partial charge in [0.25, 0.3) is 0 Å². The normalized spacial score (nSPS) is 21.2. The minimum absolute atomic E-state index is 0.0168. The second-order valence-electron chi connectivity index (χ2n) is 3.72. The molecule has 1 aromatic rings. The van der Waals surface area contributed by atoms with Gasteiger partial charge < -0.3 is 11.1 Å². The highest BCUT2D eigenvalue weighted by molar-refractivity contribution is 7.80. The Balaban J connectivity index is 2.20. The fourth-order valence-corrected chi connectivity index (χ4v) is 1.81. The second-order valence-corrected chi connectivity index (χ2v) is 4.15. The van der Waals surface area contributed by atoms with Gasteiger partial charge in [-0.2, -0.15) is 0 Å². The number of aromatic nitrogens is 3. The molecule has 7 heteroatoms. The molecule has 1 atom stereocenters. The third kappa shape index (κ3) is 2.19. The van der Waals surface area contributed by atoms with Crippen LogP contribution in [0.15, 0.2) is 6.33 Å². The Bertz CT molecular complexity index is 416. The van der Waals surface area contributed by atoms with E-state index in [1.807, 2.05) is 0 Å². The lowest BCUT2D eigenvalue weighted by Crippen LogP contribution is -2.31. The van der Waals surface area contributed by atoms with E-state index >= 15 is 0 Å². The lowest BCUT2D eigenvalue weighted by atomic mass is 10.1. The van der Waals surface area contributed by atoms with Crippen molar-refractivity contribution >= 4 is 23.1 Å². The third-order valence-corrected chi connectivity index (χ3v) is 2.74. The Kier molecular flexibility index (Phi) is 3.14. The molecule has 1 saturated heterocycles. The number of carbonyl (C=O) groups is 1. The summed E-state index contributed by atoms with van der Waals surface area (Å²) in [6, 6.07) is -0.293. The zero-order valence-corrected chi connectivity index (χ0v) is 9.54. The van der Waals surface area contributed by atoms with Gasteiger partial charge in [-0.15, -0.1) is 5.10 Å². The van der Waals surface area contributed by atoms with Crippen LogP contribution in [-0.2, 0) is 4.79 Å². The lowest BCUT2D eigenvalue weighted by molar-refractivity contribution is -0.124. The minimum Gasteiger partial charge on any atom is -0.387 e. The van der Waals surface area contributed by atoms with E-state index in [4.69, 9.17) is 18.0 Å². The van der Waals surface area contributed by atoms with Gasteiger partial charge in [-0.1, -0.05) is 12.2 Å². The number of hydrogen-bond acceptors (Lipinski definition) is 4. The highest BCUT2D eigenvalue weighted by atomic mass is 32.1. The molecule has 6 nitrogen and oxygen atoms in total. The Morgan fingerprint density at radius 3 is 3.12 bits per heavy atom. The van der Waals surface area contributed by atoms with E-state index in [2.05, 4.69) is 15.4 Å². The van der Waals surface area contributed by atoms with Crippen LogP contribution in [0.25, 0.3) is 0 Å². The smallest absolute Gasteiger partial charge is 0.244 e. The lowest BCUT2D eigenvalue weighted by Gasteiger charge is -2.12. The van der Waals surface area contributed by atoms with Crippen LogP contribution in [0.2, 0.25) is 0 Å². The molecular formula is C9H13N5OS. The first-order valence-corrected chi connectivity index (χ1v) is 5.58.